The van der Waals surface area contributed by atoms with Gasteiger partial charge in [0.1, 0.15) is 17.5 Å². The minimum Gasteiger partial charge on any atom is -0.367 e. The minimum atomic E-state index is -0.530. The fourth-order valence-corrected chi connectivity index (χ4v) is 6.19. The highest BCUT2D eigenvalue weighted by Gasteiger charge is 2.64. The second-order valence-corrected chi connectivity index (χ2v) is 10.2. The average molecular weight is 488 g/mol. The number of fused-ring (bicyclic) bond motifs is 2. The fraction of sp³-hybridized carbons (Fsp3) is 0.370. The topological polar surface area (TPSA) is 61.6 Å². The van der Waals surface area contributed by atoms with E-state index < -0.39 is 11.4 Å². The fourth-order valence-electron chi connectivity index (χ4n) is 6.19. The summed E-state index contributed by atoms with van der Waals surface area (Å²) in [7, 11) is 0. The van der Waals surface area contributed by atoms with Crippen LogP contribution in [0.1, 0.15) is 25.3 Å². The van der Waals surface area contributed by atoms with Crippen molar-refractivity contribution in [1.29, 1.82) is 0 Å². The molecule has 1 aromatic carbocycles. The molecule has 1 N–H and O–H groups in total. The molecule has 3 fully saturated rings. The zero-order chi connectivity index (χ0) is 24.4. The van der Waals surface area contributed by atoms with Gasteiger partial charge in [-0.05, 0) is 62.1 Å². The van der Waals surface area contributed by atoms with Crippen molar-refractivity contribution in [2.45, 2.75) is 31.3 Å². The number of rotatable bonds is 4. The summed E-state index contributed by atoms with van der Waals surface area (Å²) in [4.78, 5) is 14.2. The molecule has 3 aromatic heterocycles. The number of benzene rings is 1. The van der Waals surface area contributed by atoms with E-state index in [1.54, 1.807) is 10.7 Å². The Morgan fingerprint density at radius 2 is 2.00 bits per heavy atom. The molecule has 9 heteroatoms. The van der Waals surface area contributed by atoms with Gasteiger partial charge >= 0.3 is 0 Å². The first-order valence-electron chi connectivity index (χ1n) is 12.6. The van der Waals surface area contributed by atoms with E-state index in [0.29, 0.717) is 23.2 Å². The molecule has 184 valence electrons. The maximum absolute atomic E-state index is 14.8. The van der Waals surface area contributed by atoms with Gasteiger partial charge in [0.25, 0.3) is 0 Å². The van der Waals surface area contributed by atoms with Gasteiger partial charge in [0.05, 0.1) is 34.9 Å². The molecule has 3 atom stereocenters. The van der Waals surface area contributed by atoms with Crippen molar-refractivity contribution in [3.63, 3.8) is 0 Å². The third-order valence-electron chi connectivity index (χ3n) is 8.04. The van der Waals surface area contributed by atoms with Crippen LogP contribution in [0.5, 0.6) is 0 Å². The number of piperazine rings is 1. The molecule has 2 saturated heterocycles. The maximum atomic E-state index is 14.8. The number of piperidine rings is 1. The first-order valence-corrected chi connectivity index (χ1v) is 12.6. The Labute approximate surface area is 207 Å². The molecule has 5 heterocycles. The first kappa shape index (κ1) is 21.7. The number of nitrogens with zero attached hydrogens (tertiary/aromatic N) is 6. The molecule has 36 heavy (non-hydrogen) atoms. The SMILES string of the molecule is C[C@H]1CN(c2ccc(-c3cnn4ccc(N5CC[C@H]6C[C@]65c5cc(F)ccc5F)nc34)nc2)CCN1. The number of halogens is 2. The standard InChI is InChI=1S/C27H27F2N7/c1-17-16-34(11-8-30-17)20-3-5-24(31-14-20)21-15-32-36-10-7-25(33-26(21)36)35-9-6-18-13-27(18,35)22-12-19(28)2-4-23(22)29/h2-5,7,10,12,14-15,17-18,30H,6,8-9,11,13,16H2,1H3/t17-,18-,27+/m0/s1. The van der Waals surface area contributed by atoms with Gasteiger partial charge in [0.2, 0.25) is 0 Å². The Morgan fingerprint density at radius 1 is 1.08 bits per heavy atom. The number of anilines is 2. The monoisotopic (exact) mass is 487 g/mol. The van der Waals surface area contributed by atoms with E-state index in [0.717, 1.165) is 61.8 Å². The summed E-state index contributed by atoms with van der Waals surface area (Å²) in [5, 5.41) is 7.95. The van der Waals surface area contributed by atoms with Gasteiger partial charge in [-0.1, -0.05) is 0 Å². The third-order valence-corrected chi connectivity index (χ3v) is 8.04. The van der Waals surface area contributed by atoms with Crippen LogP contribution in [0, 0.1) is 17.6 Å². The van der Waals surface area contributed by atoms with E-state index in [9.17, 15) is 8.78 Å². The van der Waals surface area contributed by atoms with Gasteiger partial charge in [0, 0.05) is 44.0 Å². The van der Waals surface area contributed by atoms with E-state index in [-0.39, 0.29) is 5.82 Å². The highest BCUT2D eigenvalue weighted by atomic mass is 19.1. The lowest BCUT2D eigenvalue weighted by molar-refractivity contribution is 0.484. The summed E-state index contributed by atoms with van der Waals surface area (Å²) < 4.78 is 30.6. The van der Waals surface area contributed by atoms with Crippen molar-refractivity contribution in [3.05, 3.63) is 72.2 Å². The summed E-state index contributed by atoms with van der Waals surface area (Å²) in [6.07, 6.45) is 7.32. The molecule has 7 nitrogen and oxygen atoms in total. The Hall–Kier alpha value is -3.59. The lowest BCUT2D eigenvalue weighted by Crippen LogP contribution is -2.49. The summed E-state index contributed by atoms with van der Waals surface area (Å²) >= 11 is 0. The van der Waals surface area contributed by atoms with Gasteiger partial charge in [0.15, 0.2) is 5.65 Å². The van der Waals surface area contributed by atoms with E-state index >= 15 is 0 Å². The summed E-state index contributed by atoms with van der Waals surface area (Å²) in [5.41, 5.74) is 3.35. The van der Waals surface area contributed by atoms with Crippen molar-refractivity contribution < 1.29 is 8.78 Å². The largest absolute Gasteiger partial charge is 0.367 e. The van der Waals surface area contributed by atoms with Crippen molar-refractivity contribution in [2.24, 2.45) is 5.92 Å². The predicted molar refractivity (Wildman–Crippen MR) is 134 cm³/mol. The lowest BCUT2D eigenvalue weighted by atomic mass is 10.0. The van der Waals surface area contributed by atoms with Gasteiger partial charge in [-0.3, -0.25) is 4.98 Å². The molecule has 0 amide bonds. The quantitative estimate of drug-likeness (QED) is 0.470. The molecular weight excluding hydrogens is 460 g/mol. The van der Waals surface area contributed by atoms with E-state index in [1.807, 2.05) is 24.5 Å². The van der Waals surface area contributed by atoms with Crippen LogP contribution in [0.2, 0.25) is 0 Å². The Kier molecular flexibility index (Phi) is 4.79. The summed E-state index contributed by atoms with van der Waals surface area (Å²) in [5.74, 6) is 0.280. The Bertz CT molecular complexity index is 1450. The molecule has 0 bridgehead atoms. The number of nitrogens with one attached hydrogen (secondary N) is 1. The number of aromatic nitrogens is 4. The van der Waals surface area contributed by atoms with E-state index in [2.05, 4.69) is 33.2 Å². The van der Waals surface area contributed by atoms with Crippen molar-refractivity contribution in [3.8, 4) is 11.3 Å². The highest BCUT2D eigenvalue weighted by Crippen LogP contribution is 2.63. The van der Waals surface area contributed by atoms with Crippen LogP contribution in [0.15, 0.2) is 55.0 Å². The molecule has 3 aliphatic rings. The smallest absolute Gasteiger partial charge is 0.166 e. The van der Waals surface area contributed by atoms with Crippen LogP contribution >= 0.6 is 0 Å². The molecule has 4 aromatic rings. The molecule has 0 spiro atoms. The van der Waals surface area contributed by atoms with Crippen LogP contribution in [0.4, 0.5) is 20.3 Å². The molecule has 1 aliphatic carbocycles. The van der Waals surface area contributed by atoms with Crippen LogP contribution in [-0.4, -0.2) is 51.8 Å². The van der Waals surface area contributed by atoms with Gasteiger partial charge < -0.3 is 15.1 Å². The average Bonchev–Trinajstić information content (AvgIpc) is 3.27. The molecule has 0 unspecified atom stereocenters. The van der Waals surface area contributed by atoms with Gasteiger partial charge in [-0.2, -0.15) is 5.10 Å². The van der Waals surface area contributed by atoms with Crippen molar-refractivity contribution >= 4 is 17.2 Å². The maximum Gasteiger partial charge on any atom is 0.166 e. The van der Waals surface area contributed by atoms with Crippen LogP contribution < -0.4 is 15.1 Å². The summed E-state index contributed by atoms with van der Waals surface area (Å²) in [6, 6.07) is 10.2. The highest BCUT2D eigenvalue weighted by molar-refractivity contribution is 5.76. The minimum absolute atomic E-state index is 0.304. The zero-order valence-electron chi connectivity index (χ0n) is 20.0. The molecular formula is C27H27F2N7. The van der Waals surface area contributed by atoms with Gasteiger partial charge in [-0.25, -0.2) is 18.3 Å². The normalized spacial score (nSPS) is 25.4. The van der Waals surface area contributed by atoms with Crippen LogP contribution in [-0.2, 0) is 5.54 Å². The molecule has 7 rings (SSSR count). The zero-order valence-corrected chi connectivity index (χ0v) is 20.0. The summed E-state index contributed by atoms with van der Waals surface area (Å²) in [6.45, 7) is 5.81. The Balaban J connectivity index is 1.23. The van der Waals surface area contributed by atoms with E-state index in [4.69, 9.17) is 9.97 Å². The lowest BCUT2D eigenvalue weighted by Gasteiger charge is -2.33. The third kappa shape index (κ3) is 3.29. The number of hydrogen-bond donors (Lipinski definition) is 1. The predicted octanol–water partition coefficient (Wildman–Crippen LogP) is 3.99. The van der Waals surface area contributed by atoms with Gasteiger partial charge in [-0.15, -0.1) is 0 Å². The van der Waals surface area contributed by atoms with E-state index in [1.165, 1.54) is 18.2 Å². The number of hydrogen-bond acceptors (Lipinski definition) is 6. The van der Waals surface area contributed by atoms with Crippen molar-refractivity contribution in [2.75, 3.05) is 36.0 Å². The second kappa shape index (κ2) is 7.96. The first-order chi connectivity index (χ1) is 17.5. The van der Waals surface area contributed by atoms with Crippen LogP contribution in [0.25, 0.3) is 16.9 Å². The Morgan fingerprint density at radius 3 is 2.81 bits per heavy atom. The number of pyridine rings is 1. The molecule has 2 aliphatic heterocycles. The van der Waals surface area contributed by atoms with Crippen LogP contribution in [0.3, 0.4) is 0 Å². The molecule has 1 saturated carbocycles. The van der Waals surface area contributed by atoms with Crippen molar-refractivity contribution in [1.82, 2.24) is 24.9 Å². The second-order valence-electron chi connectivity index (χ2n) is 10.2. The molecule has 0 radical (unpaired) electrons.